The number of ether oxygens (including phenoxy) is 2. The highest BCUT2D eigenvalue weighted by atomic mass is 16.6. The fourth-order valence-electron chi connectivity index (χ4n) is 4.15. The van der Waals surface area contributed by atoms with Crippen molar-refractivity contribution in [2.24, 2.45) is 0 Å². The third-order valence-electron chi connectivity index (χ3n) is 5.84. The molecule has 0 bridgehead atoms. The van der Waals surface area contributed by atoms with Gasteiger partial charge in [0.25, 0.3) is 0 Å². The molecule has 2 aromatic rings. The highest BCUT2D eigenvalue weighted by Crippen LogP contribution is 2.25. The van der Waals surface area contributed by atoms with E-state index in [9.17, 15) is 19.2 Å². The first-order valence-corrected chi connectivity index (χ1v) is 13.9. The van der Waals surface area contributed by atoms with Gasteiger partial charge in [-0.3, -0.25) is 9.59 Å². The van der Waals surface area contributed by atoms with Gasteiger partial charge < -0.3 is 25.0 Å². The molecule has 42 heavy (non-hydrogen) atoms. The van der Waals surface area contributed by atoms with Gasteiger partial charge in [0.05, 0.1) is 0 Å². The van der Waals surface area contributed by atoms with Crippen LogP contribution in [0.25, 0.3) is 0 Å². The third kappa shape index (κ3) is 10.9. The maximum atomic E-state index is 14.1. The zero-order valence-electron chi connectivity index (χ0n) is 25.8. The molecule has 2 N–H and O–H groups in total. The molecule has 0 saturated carbocycles. The Labute approximate surface area is 249 Å². The molecular weight excluding hydrogens is 534 g/mol. The summed E-state index contributed by atoms with van der Waals surface area (Å²) in [6, 6.07) is 13.3. The van der Waals surface area contributed by atoms with Crippen LogP contribution >= 0.6 is 0 Å². The first kappa shape index (κ1) is 33.9. The molecule has 2 aromatic carbocycles. The Morgan fingerprint density at radius 3 is 1.95 bits per heavy atom. The number of alkyl carbamates (subject to hydrolysis) is 1. The number of benzene rings is 2. The molecule has 2 rings (SSSR count). The average Bonchev–Trinajstić information content (AvgIpc) is 2.88. The molecule has 226 valence electrons. The first-order valence-electron chi connectivity index (χ1n) is 13.9. The Kier molecular flexibility index (Phi) is 11.7. The van der Waals surface area contributed by atoms with Crippen molar-refractivity contribution >= 4 is 23.9 Å². The van der Waals surface area contributed by atoms with Crippen LogP contribution in [0.2, 0.25) is 0 Å². The normalized spacial score (nSPS) is 12.9. The Hall–Kier alpha value is -4.32. The van der Waals surface area contributed by atoms with E-state index in [1.165, 1.54) is 4.90 Å². The van der Waals surface area contributed by atoms with Crippen LogP contribution in [0.1, 0.15) is 78.1 Å². The number of nitrogens with zero attached hydrogens (tertiary/aromatic N) is 1. The molecule has 0 heterocycles. The number of nitrogens with one attached hydrogen (secondary N) is 2. The van der Waals surface area contributed by atoms with E-state index in [1.807, 2.05) is 30.3 Å². The van der Waals surface area contributed by atoms with Crippen molar-refractivity contribution in [3.8, 4) is 12.3 Å². The largest absolute Gasteiger partial charge is 0.458 e. The second-order valence-corrected chi connectivity index (χ2v) is 12.2. The van der Waals surface area contributed by atoms with E-state index in [-0.39, 0.29) is 6.42 Å². The van der Waals surface area contributed by atoms with E-state index in [0.29, 0.717) is 11.1 Å². The van der Waals surface area contributed by atoms with Crippen LogP contribution in [0.4, 0.5) is 4.79 Å². The topological polar surface area (TPSA) is 114 Å². The number of terminal acetylenes is 1. The molecule has 2 unspecified atom stereocenters. The van der Waals surface area contributed by atoms with Crippen LogP contribution in [-0.4, -0.2) is 58.6 Å². The average molecular weight is 578 g/mol. The first-order chi connectivity index (χ1) is 19.5. The molecule has 0 aliphatic carbocycles. The zero-order chi connectivity index (χ0) is 31.7. The number of esters is 1. The Morgan fingerprint density at radius 2 is 1.45 bits per heavy atom. The van der Waals surface area contributed by atoms with Crippen LogP contribution in [0.3, 0.4) is 0 Å². The van der Waals surface area contributed by atoms with Gasteiger partial charge in [0.15, 0.2) is 0 Å². The van der Waals surface area contributed by atoms with Gasteiger partial charge in [0, 0.05) is 18.0 Å². The number of amides is 3. The highest BCUT2D eigenvalue weighted by Gasteiger charge is 2.36. The number of hydrogen-bond donors (Lipinski definition) is 2. The smallest absolute Gasteiger partial charge is 0.408 e. The van der Waals surface area contributed by atoms with Crippen LogP contribution in [-0.2, 0) is 30.3 Å². The van der Waals surface area contributed by atoms with Crippen molar-refractivity contribution in [1.82, 2.24) is 15.5 Å². The maximum Gasteiger partial charge on any atom is 0.408 e. The summed E-state index contributed by atoms with van der Waals surface area (Å²) in [5, 5.41) is 5.31. The third-order valence-corrected chi connectivity index (χ3v) is 5.84. The van der Waals surface area contributed by atoms with Crippen LogP contribution < -0.4 is 10.6 Å². The van der Waals surface area contributed by atoms with E-state index in [4.69, 9.17) is 15.9 Å². The summed E-state index contributed by atoms with van der Waals surface area (Å²) in [5.41, 5.74) is 0.369. The molecule has 0 spiro atoms. The summed E-state index contributed by atoms with van der Waals surface area (Å²) in [6.07, 6.45) is 4.95. The van der Waals surface area contributed by atoms with Crippen LogP contribution in [0.15, 0.2) is 54.6 Å². The summed E-state index contributed by atoms with van der Waals surface area (Å²) < 4.78 is 10.9. The standard InChI is InChI=1S/C33H43N3O6/c1-10-23-16-18-25(19-17-23)28(36(22(2)3)27(37)21-34-31(40)42-33(7,8)9)29(38)35-26(30(39)41-32(4,5)6)20-24-14-12-11-13-15-24/h1,11-19,22,26,28H,20-21H2,2-9H3,(H,34,40)(H,35,38). The Bertz CT molecular complexity index is 1270. The molecule has 9 nitrogen and oxygen atoms in total. The molecular formula is C33H43N3O6. The summed E-state index contributed by atoms with van der Waals surface area (Å²) in [6.45, 7) is 13.5. The summed E-state index contributed by atoms with van der Waals surface area (Å²) in [4.78, 5) is 54.5. The maximum absolute atomic E-state index is 14.1. The van der Waals surface area contributed by atoms with Crippen molar-refractivity contribution in [2.75, 3.05) is 6.54 Å². The number of carbonyl (C=O) groups excluding carboxylic acids is 4. The van der Waals surface area contributed by atoms with E-state index in [2.05, 4.69) is 16.6 Å². The van der Waals surface area contributed by atoms with Gasteiger partial charge >= 0.3 is 12.1 Å². The molecule has 3 amide bonds. The molecule has 0 saturated heterocycles. The van der Waals surface area contributed by atoms with Gasteiger partial charge in [-0.15, -0.1) is 6.42 Å². The number of rotatable bonds is 10. The molecule has 0 aliphatic heterocycles. The summed E-state index contributed by atoms with van der Waals surface area (Å²) in [7, 11) is 0. The second kappa shape index (κ2) is 14.5. The molecule has 2 atom stereocenters. The molecule has 0 aliphatic rings. The van der Waals surface area contributed by atoms with Crippen LogP contribution in [0, 0.1) is 12.3 Å². The van der Waals surface area contributed by atoms with Crippen molar-refractivity contribution in [3.05, 3.63) is 71.3 Å². The monoisotopic (exact) mass is 577 g/mol. The van der Waals surface area contributed by atoms with Crippen molar-refractivity contribution in [2.45, 2.75) is 91.1 Å². The van der Waals surface area contributed by atoms with Gasteiger partial charge in [0.1, 0.15) is 29.8 Å². The van der Waals surface area contributed by atoms with E-state index in [1.54, 1.807) is 79.7 Å². The lowest BCUT2D eigenvalue weighted by atomic mass is 9.99. The lowest BCUT2D eigenvalue weighted by Gasteiger charge is -2.35. The Balaban J connectivity index is 2.46. The van der Waals surface area contributed by atoms with E-state index < -0.39 is 59.7 Å². The van der Waals surface area contributed by atoms with Gasteiger partial charge in [-0.05, 0) is 78.6 Å². The van der Waals surface area contributed by atoms with Gasteiger partial charge in [-0.1, -0.05) is 48.4 Å². The minimum absolute atomic E-state index is 0.181. The summed E-state index contributed by atoms with van der Waals surface area (Å²) >= 11 is 0. The predicted octanol–water partition coefficient (Wildman–Crippen LogP) is 4.54. The quantitative estimate of drug-likeness (QED) is 0.317. The Morgan fingerprint density at radius 1 is 0.881 bits per heavy atom. The number of hydrogen-bond acceptors (Lipinski definition) is 6. The van der Waals surface area contributed by atoms with Gasteiger partial charge in [-0.2, -0.15) is 0 Å². The lowest BCUT2D eigenvalue weighted by molar-refractivity contribution is -0.159. The zero-order valence-corrected chi connectivity index (χ0v) is 25.8. The molecule has 9 heteroatoms. The minimum Gasteiger partial charge on any atom is -0.458 e. The number of carbonyl (C=O) groups is 4. The highest BCUT2D eigenvalue weighted by molar-refractivity contribution is 5.93. The van der Waals surface area contributed by atoms with Crippen molar-refractivity contribution in [3.63, 3.8) is 0 Å². The van der Waals surface area contributed by atoms with Crippen LogP contribution in [0.5, 0.6) is 0 Å². The molecule has 0 aromatic heterocycles. The fourth-order valence-corrected chi connectivity index (χ4v) is 4.15. The molecule has 0 fully saturated rings. The minimum atomic E-state index is -1.15. The second-order valence-electron chi connectivity index (χ2n) is 12.2. The van der Waals surface area contributed by atoms with Gasteiger partial charge in [0.2, 0.25) is 11.8 Å². The molecule has 0 radical (unpaired) electrons. The predicted molar refractivity (Wildman–Crippen MR) is 161 cm³/mol. The fraction of sp³-hybridized carbons (Fsp3) is 0.455. The van der Waals surface area contributed by atoms with Crippen molar-refractivity contribution < 1.29 is 28.7 Å². The van der Waals surface area contributed by atoms with Crippen molar-refractivity contribution in [1.29, 1.82) is 0 Å². The lowest BCUT2D eigenvalue weighted by Crippen LogP contribution is -2.53. The van der Waals surface area contributed by atoms with E-state index >= 15 is 0 Å². The summed E-state index contributed by atoms with van der Waals surface area (Å²) in [5.74, 6) is 0.831. The van der Waals surface area contributed by atoms with E-state index in [0.717, 1.165) is 5.56 Å². The van der Waals surface area contributed by atoms with Gasteiger partial charge in [-0.25, -0.2) is 9.59 Å². The SMILES string of the molecule is C#Cc1ccc(C(C(=O)NC(Cc2ccccc2)C(=O)OC(C)(C)C)N(C(=O)CNC(=O)OC(C)(C)C)C(C)C)cc1.